The highest BCUT2D eigenvalue weighted by Gasteiger charge is 2.28. The van der Waals surface area contributed by atoms with Crippen LogP contribution in [-0.2, 0) is 9.59 Å². The van der Waals surface area contributed by atoms with Gasteiger partial charge in [0.2, 0.25) is 0 Å². The van der Waals surface area contributed by atoms with Crippen molar-refractivity contribution >= 4 is 43.8 Å². The first kappa shape index (κ1) is 19.0. The van der Waals surface area contributed by atoms with Crippen LogP contribution in [0.4, 0.5) is 0 Å². The Hall–Kier alpha value is -1.08. The molecule has 122 valence electrons. The van der Waals surface area contributed by atoms with Crippen molar-refractivity contribution in [1.29, 1.82) is 0 Å². The maximum Gasteiger partial charge on any atom is 0.327 e. The number of ether oxygens (including phenoxy) is 3. The van der Waals surface area contributed by atoms with E-state index < -0.39 is 20.6 Å². The summed E-state index contributed by atoms with van der Waals surface area (Å²) in [4.78, 5) is 23.8. The summed E-state index contributed by atoms with van der Waals surface area (Å²) in [6.45, 7) is 6.68. The molecule has 5 nitrogen and oxygen atoms in total. The van der Waals surface area contributed by atoms with Crippen molar-refractivity contribution in [3.05, 3.63) is 18.2 Å². The normalized spacial score (nSPS) is 11.8. The van der Waals surface area contributed by atoms with E-state index in [1.807, 2.05) is 0 Å². The van der Waals surface area contributed by atoms with Gasteiger partial charge >= 0.3 is 11.9 Å². The monoisotopic (exact) mass is 436 g/mol. The lowest BCUT2D eigenvalue weighted by atomic mass is 10.2. The number of rotatable bonds is 5. The quantitative estimate of drug-likeness (QED) is 0.397. The van der Waals surface area contributed by atoms with Crippen LogP contribution in [0.1, 0.15) is 27.7 Å². The first-order valence-corrected chi connectivity index (χ1v) is 8.03. The molecule has 0 heterocycles. The van der Waals surface area contributed by atoms with Gasteiger partial charge in [0.25, 0.3) is 0 Å². The second-order valence-electron chi connectivity index (χ2n) is 5.57. The van der Waals surface area contributed by atoms with Crippen LogP contribution in [0.15, 0.2) is 18.2 Å². The lowest BCUT2D eigenvalue weighted by molar-refractivity contribution is -0.136. The molecule has 0 amide bonds. The van der Waals surface area contributed by atoms with Crippen LogP contribution >= 0.6 is 31.9 Å². The van der Waals surface area contributed by atoms with Crippen molar-refractivity contribution in [3.8, 4) is 17.2 Å². The van der Waals surface area contributed by atoms with Crippen LogP contribution in [0.25, 0.3) is 0 Å². The topological polar surface area (TPSA) is 61.8 Å². The van der Waals surface area contributed by atoms with E-state index in [9.17, 15) is 9.59 Å². The summed E-state index contributed by atoms with van der Waals surface area (Å²) in [5, 5.41) is 0. The molecule has 0 bridgehead atoms. The fraction of sp³-hybridized carbons (Fsp3) is 0.467. The van der Waals surface area contributed by atoms with Crippen LogP contribution in [0, 0.1) is 0 Å². The van der Waals surface area contributed by atoms with Crippen molar-refractivity contribution < 1.29 is 23.8 Å². The maximum absolute atomic E-state index is 11.9. The van der Waals surface area contributed by atoms with Gasteiger partial charge in [0.05, 0.1) is 7.11 Å². The third-order valence-corrected chi connectivity index (χ3v) is 3.13. The summed E-state index contributed by atoms with van der Waals surface area (Å²) in [6.07, 6.45) is 0. The van der Waals surface area contributed by atoms with Gasteiger partial charge in [-0.15, -0.1) is 0 Å². The van der Waals surface area contributed by atoms with Gasteiger partial charge in [-0.2, -0.15) is 0 Å². The summed E-state index contributed by atoms with van der Waals surface area (Å²) >= 11 is 6.45. The van der Waals surface area contributed by atoms with Crippen molar-refractivity contribution in [2.24, 2.45) is 0 Å². The molecule has 1 aromatic carbocycles. The van der Waals surface area contributed by atoms with Crippen molar-refractivity contribution in [1.82, 2.24) is 0 Å². The SMILES string of the molecule is COc1cc(OC(=O)C(C)(C)Br)cc(OC(=O)C(C)(C)Br)c1. The molecule has 0 atom stereocenters. The lowest BCUT2D eigenvalue weighted by Crippen LogP contribution is -2.30. The van der Waals surface area contributed by atoms with Gasteiger partial charge in [-0.1, -0.05) is 31.9 Å². The Labute approximate surface area is 146 Å². The van der Waals surface area contributed by atoms with Gasteiger partial charge in [-0.05, 0) is 27.7 Å². The van der Waals surface area contributed by atoms with Crippen molar-refractivity contribution in [2.75, 3.05) is 7.11 Å². The minimum absolute atomic E-state index is 0.229. The van der Waals surface area contributed by atoms with Crippen LogP contribution in [0.2, 0.25) is 0 Å². The second kappa shape index (κ2) is 7.00. The molecule has 0 saturated heterocycles. The average Bonchev–Trinajstić information content (AvgIpc) is 2.36. The largest absolute Gasteiger partial charge is 0.496 e. The van der Waals surface area contributed by atoms with E-state index in [0.717, 1.165) is 0 Å². The zero-order valence-corrected chi connectivity index (χ0v) is 16.2. The summed E-state index contributed by atoms with van der Waals surface area (Å²) in [7, 11) is 1.47. The number of hydrogen-bond donors (Lipinski definition) is 0. The first-order valence-electron chi connectivity index (χ1n) is 6.45. The molecule has 0 fully saturated rings. The van der Waals surface area contributed by atoms with E-state index in [-0.39, 0.29) is 11.5 Å². The minimum atomic E-state index is -0.829. The van der Waals surface area contributed by atoms with E-state index in [0.29, 0.717) is 5.75 Å². The summed E-state index contributed by atoms with van der Waals surface area (Å²) in [6, 6.07) is 4.52. The highest BCUT2D eigenvalue weighted by atomic mass is 79.9. The molecule has 0 spiro atoms. The molecule has 0 radical (unpaired) electrons. The minimum Gasteiger partial charge on any atom is -0.496 e. The Morgan fingerprint density at radius 3 is 1.41 bits per heavy atom. The molecular weight excluding hydrogens is 420 g/mol. The van der Waals surface area contributed by atoms with E-state index in [1.165, 1.54) is 25.3 Å². The Morgan fingerprint density at radius 1 is 0.818 bits per heavy atom. The fourth-order valence-corrected chi connectivity index (χ4v) is 1.40. The molecule has 22 heavy (non-hydrogen) atoms. The summed E-state index contributed by atoms with van der Waals surface area (Å²) in [5.41, 5.74) is 0. The molecule has 7 heteroatoms. The molecule has 0 aliphatic heterocycles. The Kier molecular flexibility index (Phi) is 6.03. The van der Waals surface area contributed by atoms with Crippen LogP contribution in [-0.4, -0.2) is 27.7 Å². The van der Waals surface area contributed by atoms with Gasteiger partial charge in [-0.25, -0.2) is 0 Å². The number of halogens is 2. The molecule has 0 aromatic heterocycles. The number of alkyl halides is 2. The second-order valence-corrected chi connectivity index (χ2v) is 9.53. The fourth-order valence-electron chi connectivity index (χ4n) is 1.24. The number of carbonyl (C=O) groups excluding carboxylic acids is 2. The molecule has 0 N–H and O–H groups in total. The lowest BCUT2D eigenvalue weighted by Gasteiger charge is -2.17. The zero-order valence-electron chi connectivity index (χ0n) is 13.0. The van der Waals surface area contributed by atoms with Gasteiger partial charge in [0.15, 0.2) is 0 Å². The summed E-state index contributed by atoms with van der Waals surface area (Å²) in [5.74, 6) is -0.0790. The molecule has 1 aromatic rings. The molecule has 0 saturated carbocycles. The number of methoxy groups -OCH3 is 1. The average molecular weight is 438 g/mol. The standard InChI is InChI=1S/C15H18Br2O5/c1-14(2,16)12(18)21-10-6-9(20-5)7-11(8-10)22-13(19)15(3,4)17/h6-8H,1-5H3. The van der Waals surface area contributed by atoms with E-state index >= 15 is 0 Å². The molecular formula is C15H18Br2O5. The van der Waals surface area contributed by atoms with E-state index in [1.54, 1.807) is 27.7 Å². The Morgan fingerprint density at radius 2 is 1.14 bits per heavy atom. The number of carbonyl (C=O) groups is 2. The third kappa shape index (κ3) is 5.61. The number of benzene rings is 1. The number of esters is 2. The van der Waals surface area contributed by atoms with Crippen LogP contribution in [0.5, 0.6) is 17.2 Å². The van der Waals surface area contributed by atoms with E-state index in [4.69, 9.17) is 14.2 Å². The Bertz CT molecular complexity index is 524. The first-order chi connectivity index (χ1) is 9.93. The third-order valence-electron chi connectivity index (χ3n) is 2.48. The molecule has 0 aliphatic rings. The van der Waals surface area contributed by atoms with E-state index in [2.05, 4.69) is 31.9 Å². The van der Waals surface area contributed by atoms with Crippen molar-refractivity contribution in [3.63, 3.8) is 0 Å². The highest BCUT2D eigenvalue weighted by molar-refractivity contribution is 9.10. The van der Waals surface area contributed by atoms with Crippen molar-refractivity contribution in [2.45, 2.75) is 36.3 Å². The zero-order chi connectivity index (χ0) is 17.1. The smallest absolute Gasteiger partial charge is 0.327 e. The predicted octanol–water partition coefficient (Wildman–Crippen LogP) is 3.85. The van der Waals surface area contributed by atoms with Crippen LogP contribution in [0.3, 0.4) is 0 Å². The molecule has 0 unspecified atom stereocenters. The van der Waals surface area contributed by atoms with Gasteiger partial charge in [0, 0.05) is 18.2 Å². The van der Waals surface area contributed by atoms with Gasteiger partial charge in [0.1, 0.15) is 25.9 Å². The Balaban J connectivity index is 3.04. The molecule has 1 rings (SSSR count). The summed E-state index contributed by atoms with van der Waals surface area (Å²) < 4.78 is 14.0. The van der Waals surface area contributed by atoms with Gasteiger partial charge < -0.3 is 14.2 Å². The predicted molar refractivity (Wildman–Crippen MR) is 90.3 cm³/mol. The van der Waals surface area contributed by atoms with Crippen LogP contribution < -0.4 is 14.2 Å². The number of hydrogen-bond acceptors (Lipinski definition) is 5. The molecule has 0 aliphatic carbocycles. The maximum atomic E-state index is 11.9. The van der Waals surface area contributed by atoms with Gasteiger partial charge in [-0.3, -0.25) is 9.59 Å². The highest BCUT2D eigenvalue weighted by Crippen LogP contribution is 2.31.